The summed E-state index contributed by atoms with van der Waals surface area (Å²) < 4.78 is 42.1. The lowest BCUT2D eigenvalue weighted by molar-refractivity contribution is -0.137. The summed E-state index contributed by atoms with van der Waals surface area (Å²) in [6.45, 7) is 3.17. The number of hydrogen-bond acceptors (Lipinski definition) is 3. The lowest BCUT2D eigenvalue weighted by atomic mass is 10.1. The Balaban J connectivity index is 3.29. The van der Waals surface area contributed by atoms with Crippen LogP contribution in [0.2, 0.25) is 0 Å². The Labute approximate surface area is 106 Å². The fourth-order valence-electron chi connectivity index (χ4n) is 1.30. The third-order valence-electron chi connectivity index (χ3n) is 2.20. The third-order valence-corrected chi connectivity index (χ3v) is 2.20. The van der Waals surface area contributed by atoms with Gasteiger partial charge in [0.1, 0.15) is 0 Å². The SMILES string of the molecule is C=CC(=O)Nc1cc(C(F)(F)F)ccc1C(=O)OC. The van der Waals surface area contributed by atoms with Crippen molar-refractivity contribution in [1.82, 2.24) is 0 Å². The molecule has 1 N–H and O–H groups in total. The zero-order chi connectivity index (χ0) is 14.6. The number of esters is 1. The van der Waals surface area contributed by atoms with E-state index in [0.717, 1.165) is 25.3 Å². The van der Waals surface area contributed by atoms with Gasteiger partial charge in [-0.3, -0.25) is 4.79 Å². The number of ether oxygens (including phenoxy) is 1. The average Bonchev–Trinajstić information content (AvgIpc) is 2.36. The standard InChI is InChI=1S/C12H10F3NO3/c1-3-10(17)16-9-6-7(12(13,14)15)4-5-8(9)11(18)19-2/h3-6H,1H2,2H3,(H,16,17). The fraction of sp³-hybridized carbons (Fsp3) is 0.167. The first kappa shape index (κ1) is 14.7. The number of amides is 1. The zero-order valence-corrected chi connectivity index (χ0v) is 9.88. The Kier molecular flexibility index (Phi) is 4.31. The Bertz CT molecular complexity index is 523. The van der Waals surface area contributed by atoms with E-state index in [1.165, 1.54) is 0 Å². The van der Waals surface area contributed by atoms with Gasteiger partial charge in [0.15, 0.2) is 0 Å². The Morgan fingerprint density at radius 3 is 2.47 bits per heavy atom. The Hall–Kier alpha value is -2.31. The maximum absolute atomic E-state index is 12.6. The molecular formula is C12H10F3NO3. The van der Waals surface area contributed by atoms with Gasteiger partial charge in [0, 0.05) is 0 Å². The number of anilines is 1. The number of halogens is 3. The van der Waals surface area contributed by atoms with Gasteiger partial charge in [-0.25, -0.2) is 4.79 Å². The molecule has 0 fully saturated rings. The summed E-state index contributed by atoms with van der Waals surface area (Å²) in [5.41, 5.74) is -1.45. The molecule has 0 aliphatic carbocycles. The predicted octanol–water partition coefficient (Wildman–Crippen LogP) is 2.62. The second-order valence-corrected chi connectivity index (χ2v) is 3.44. The van der Waals surface area contributed by atoms with Gasteiger partial charge in [0.2, 0.25) is 5.91 Å². The third kappa shape index (κ3) is 3.57. The van der Waals surface area contributed by atoms with E-state index in [1.807, 2.05) is 0 Å². The molecule has 0 unspecified atom stereocenters. The molecular weight excluding hydrogens is 263 g/mol. The molecule has 1 amide bonds. The highest BCUT2D eigenvalue weighted by molar-refractivity contribution is 6.04. The van der Waals surface area contributed by atoms with Crippen molar-refractivity contribution in [2.45, 2.75) is 6.18 Å². The summed E-state index contributed by atoms with van der Waals surface area (Å²) in [5, 5.41) is 2.13. The van der Waals surface area contributed by atoms with Crippen LogP contribution in [0.4, 0.5) is 18.9 Å². The normalized spacial score (nSPS) is 10.7. The molecule has 1 aromatic rings. The quantitative estimate of drug-likeness (QED) is 0.680. The number of alkyl halides is 3. The number of methoxy groups -OCH3 is 1. The van der Waals surface area contributed by atoms with Crippen LogP contribution in [0.25, 0.3) is 0 Å². The van der Waals surface area contributed by atoms with E-state index in [0.29, 0.717) is 6.07 Å². The van der Waals surface area contributed by atoms with E-state index in [4.69, 9.17) is 0 Å². The van der Waals surface area contributed by atoms with Crippen molar-refractivity contribution in [2.75, 3.05) is 12.4 Å². The van der Waals surface area contributed by atoms with E-state index >= 15 is 0 Å². The molecule has 1 aromatic carbocycles. The van der Waals surface area contributed by atoms with Gasteiger partial charge < -0.3 is 10.1 Å². The second kappa shape index (κ2) is 5.55. The molecule has 0 aromatic heterocycles. The van der Waals surface area contributed by atoms with E-state index in [9.17, 15) is 22.8 Å². The summed E-state index contributed by atoms with van der Waals surface area (Å²) in [6, 6.07) is 2.33. The number of nitrogens with one attached hydrogen (secondary N) is 1. The van der Waals surface area contributed by atoms with Crippen molar-refractivity contribution < 1.29 is 27.5 Å². The molecule has 0 bridgehead atoms. The highest BCUT2D eigenvalue weighted by atomic mass is 19.4. The lowest BCUT2D eigenvalue weighted by Crippen LogP contribution is -2.15. The number of rotatable bonds is 3. The van der Waals surface area contributed by atoms with Crippen molar-refractivity contribution in [2.24, 2.45) is 0 Å². The summed E-state index contributed by atoms with van der Waals surface area (Å²) in [5.74, 6) is -1.59. The molecule has 19 heavy (non-hydrogen) atoms. The lowest BCUT2D eigenvalue weighted by Gasteiger charge is -2.12. The van der Waals surface area contributed by atoms with Crippen molar-refractivity contribution in [1.29, 1.82) is 0 Å². The largest absolute Gasteiger partial charge is 0.465 e. The number of hydrogen-bond donors (Lipinski definition) is 1. The summed E-state index contributed by atoms with van der Waals surface area (Å²) in [6.07, 6.45) is -3.70. The Morgan fingerprint density at radius 1 is 1.37 bits per heavy atom. The van der Waals surface area contributed by atoms with Crippen LogP contribution in [0.3, 0.4) is 0 Å². The van der Waals surface area contributed by atoms with E-state index < -0.39 is 23.6 Å². The predicted molar refractivity (Wildman–Crippen MR) is 61.6 cm³/mol. The molecule has 1 rings (SSSR count). The molecule has 0 spiro atoms. The number of carbonyl (C=O) groups is 2. The highest BCUT2D eigenvalue weighted by Gasteiger charge is 2.31. The molecule has 0 saturated carbocycles. The van der Waals surface area contributed by atoms with Crippen molar-refractivity contribution in [3.8, 4) is 0 Å². The first-order valence-corrected chi connectivity index (χ1v) is 5.02. The summed E-state index contributed by atoms with van der Waals surface area (Å²) >= 11 is 0. The first-order valence-electron chi connectivity index (χ1n) is 5.02. The van der Waals surface area contributed by atoms with E-state index in [2.05, 4.69) is 16.6 Å². The smallest absolute Gasteiger partial charge is 0.416 e. The monoisotopic (exact) mass is 273 g/mol. The molecule has 4 nitrogen and oxygen atoms in total. The minimum atomic E-state index is -4.58. The minimum Gasteiger partial charge on any atom is -0.465 e. The minimum absolute atomic E-state index is 0.175. The van der Waals surface area contributed by atoms with Gasteiger partial charge in [0.05, 0.1) is 23.9 Å². The van der Waals surface area contributed by atoms with Gasteiger partial charge in [-0.2, -0.15) is 13.2 Å². The van der Waals surface area contributed by atoms with Crippen LogP contribution in [-0.2, 0) is 15.7 Å². The molecule has 0 aliphatic heterocycles. The average molecular weight is 273 g/mol. The topological polar surface area (TPSA) is 55.4 Å². The van der Waals surface area contributed by atoms with Gasteiger partial charge in [-0.05, 0) is 24.3 Å². The summed E-state index contributed by atoms with van der Waals surface area (Å²) in [7, 11) is 1.08. The second-order valence-electron chi connectivity index (χ2n) is 3.44. The van der Waals surface area contributed by atoms with Crippen molar-refractivity contribution >= 4 is 17.6 Å². The van der Waals surface area contributed by atoms with Crippen LogP contribution in [0, 0.1) is 0 Å². The molecule has 0 heterocycles. The van der Waals surface area contributed by atoms with Crippen LogP contribution < -0.4 is 5.32 Å². The molecule has 102 valence electrons. The van der Waals surface area contributed by atoms with Gasteiger partial charge in [-0.15, -0.1) is 0 Å². The first-order chi connectivity index (χ1) is 8.79. The highest BCUT2D eigenvalue weighted by Crippen LogP contribution is 2.32. The van der Waals surface area contributed by atoms with Crippen LogP contribution in [0.5, 0.6) is 0 Å². The van der Waals surface area contributed by atoms with Crippen molar-refractivity contribution in [3.05, 3.63) is 42.0 Å². The van der Waals surface area contributed by atoms with Crippen LogP contribution in [0.1, 0.15) is 15.9 Å². The summed E-state index contributed by atoms with van der Waals surface area (Å²) in [4.78, 5) is 22.5. The van der Waals surface area contributed by atoms with Gasteiger partial charge >= 0.3 is 12.1 Å². The molecule has 7 heteroatoms. The molecule has 0 radical (unpaired) electrons. The van der Waals surface area contributed by atoms with Gasteiger partial charge in [-0.1, -0.05) is 6.58 Å². The van der Waals surface area contributed by atoms with Crippen molar-refractivity contribution in [3.63, 3.8) is 0 Å². The Morgan fingerprint density at radius 2 is 2.00 bits per heavy atom. The number of carbonyl (C=O) groups excluding carboxylic acids is 2. The van der Waals surface area contributed by atoms with Crippen LogP contribution in [-0.4, -0.2) is 19.0 Å². The van der Waals surface area contributed by atoms with Gasteiger partial charge in [0.25, 0.3) is 0 Å². The molecule has 0 atom stereocenters. The maximum atomic E-state index is 12.6. The van der Waals surface area contributed by atoms with Crippen LogP contribution in [0.15, 0.2) is 30.9 Å². The number of benzene rings is 1. The van der Waals surface area contributed by atoms with E-state index in [-0.39, 0.29) is 11.3 Å². The van der Waals surface area contributed by atoms with E-state index in [1.54, 1.807) is 0 Å². The van der Waals surface area contributed by atoms with Crippen LogP contribution >= 0.6 is 0 Å². The maximum Gasteiger partial charge on any atom is 0.416 e. The molecule has 0 aliphatic rings. The zero-order valence-electron chi connectivity index (χ0n) is 9.88. The fourth-order valence-corrected chi connectivity index (χ4v) is 1.30. The molecule has 0 saturated heterocycles.